The molecule has 2 aliphatic heterocycles. The standard InChI is InChI=1S/C23H40BNO6/c1-19(2,3)29-18(27)25-16-14-22(11-9-13-23(22,25)17(26)28-8)12-10-15-24-30-20(4,5)21(6,7)31-24/h9-16H2,1-8H3/t22-,23-/m1/s1. The van der Waals surface area contributed by atoms with Gasteiger partial charge in [0.05, 0.1) is 18.3 Å². The van der Waals surface area contributed by atoms with Crippen molar-refractivity contribution in [1.82, 2.24) is 4.90 Å². The number of esters is 1. The molecule has 2 atom stereocenters. The number of likely N-dealkylation sites (tertiary alicyclic amines) is 1. The number of methoxy groups -OCH3 is 1. The fraction of sp³-hybridized carbons (Fsp3) is 0.913. The molecule has 0 unspecified atom stereocenters. The summed E-state index contributed by atoms with van der Waals surface area (Å²) >= 11 is 0. The van der Waals surface area contributed by atoms with E-state index in [-0.39, 0.29) is 29.7 Å². The zero-order chi connectivity index (χ0) is 23.3. The first kappa shape index (κ1) is 24.4. The van der Waals surface area contributed by atoms with Crippen molar-refractivity contribution < 1.29 is 28.4 Å². The molecule has 2 heterocycles. The predicted molar refractivity (Wildman–Crippen MR) is 119 cm³/mol. The molecular weight excluding hydrogens is 397 g/mol. The molecule has 0 N–H and O–H groups in total. The number of hydrogen-bond donors (Lipinski definition) is 0. The van der Waals surface area contributed by atoms with Gasteiger partial charge in [0.25, 0.3) is 0 Å². The van der Waals surface area contributed by atoms with Crippen molar-refractivity contribution in [1.29, 1.82) is 0 Å². The molecule has 31 heavy (non-hydrogen) atoms. The summed E-state index contributed by atoms with van der Waals surface area (Å²) in [7, 11) is 1.16. The molecule has 1 aliphatic carbocycles. The molecule has 176 valence electrons. The van der Waals surface area contributed by atoms with Gasteiger partial charge in [0.2, 0.25) is 0 Å². The van der Waals surface area contributed by atoms with Crippen LogP contribution in [0.15, 0.2) is 0 Å². The molecule has 1 saturated carbocycles. The largest absolute Gasteiger partial charge is 0.467 e. The lowest BCUT2D eigenvalue weighted by molar-refractivity contribution is -0.158. The Morgan fingerprint density at radius 2 is 1.65 bits per heavy atom. The third kappa shape index (κ3) is 4.10. The van der Waals surface area contributed by atoms with Crippen LogP contribution in [-0.4, -0.2) is 60.1 Å². The molecule has 8 heteroatoms. The van der Waals surface area contributed by atoms with Crippen LogP contribution in [-0.2, 0) is 23.6 Å². The van der Waals surface area contributed by atoms with Crippen molar-refractivity contribution in [3.05, 3.63) is 0 Å². The zero-order valence-corrected chi connectivity index (χ0v) is 20.6. The molecule has 3 rings (SSSR count). The second-order valence-electron chi connectivity index (χ2n) is 11.4. The van der Waals surface area contributed by atoms with Crippen molar-refractivity contribution in [2.24, 2.45) is 5.41 Å². The van der Waals surface area contributed by atoms with E-state index in [1.54, 1.807) is 4.90 Å². The summed E-state index contributed by atoms with van der Waals surface area (Å²) in [5.41, 5.74) is -2.55. The molecule has 3 aliphatic rings. The highest BCUT2D eigenvalue weighted by molar-refractivity contribution is 6.45. The normalized spacial score (nSPS) is 31.6. The van der Waals surface area contributed by atoms with E-state index in [4.69, 9.17) is 18.8 Å². The van der Waals surface area contributed by atoms with Gasteiger partial charge >= 0.3 is 19.2 Å². The van der Waals surface area contributed by atoms with E-state index in [1.807, 2.05) is 20.8 Å². The van der Waals surface area contributed by atoms with E-state index in [1.165, 1.54) is 7.11 Å². The lowest BCUT2D eigenvalue weighted by Gasteiger charge is -2.43. The summed E-state index contributed by atoms with van der Waals surface area (Å²) in [4.78, 5) is 27.9. The molecule has 3 fully saturated rings. The number of hydrogen-bond acceptors (Lipinski definition) is 6. The molecule has 0 aromatic rings. The number of fused-ring (bicyclic) bond motifs is 1. The van der Waals surface area contributed by atoms with Crippen LogP contribution in [0.4, 0.5) is 4.79 Å². The Morgan fingerprint density at radius 3 is 2.19 bits per heavy atom. The second kappa shape index (κ2) is 7.94. The molecule has 0 bridgehead atoms. The highest BCUT2D eigenvalue weighted by Crippen LogP contribution is 2.60. The van der Waals surface area contributed by atoms with Crippen molar-refractivity contribution in [2.75, 3.05) is 13.7 Å². The van der Waals surface area contributed by atoms with Gasteiger partial charge in [-0.3, -0.25) is 4.90 Å². The lowest BCUT2D eigenvalue weighted by Crippen LogP contribution is -2.59. The fourth-order valence-electron chi connectivity index (χ4n) is 5.73. The molecular formula is C23H40BNO6. The van der Waals surface area contributed by atoms with Crippen LogP contribution < -0.4 is 0 Å². The number of nitrogens with zero attached hydrogens (tertiary/aromatic N) is 1. The van der Waals surface area contributed by atoms with Crippen LogP contribution >= 0.6 is 0 Å². The van der Waals surface area contributed by atoms with Gasteiger partial charge in [-0.25, -0.2) is 9.59 Å². The first-order valence-corrected chi connectivity index (χ1v) is 11.6. The first-order chi connectivity index (χ1) is 14.2. The fourth-order valence-corrected chi connectivity index (χ4v) is 5.73. The summed E-state index contributed by atoms with van der Waals surface area (Å²) < 4.78 is 23.2. The average Bonchev–Trinajstić information content (AvgIpc) is 3.19. The van der Waals surface area contributed by atoms with Gasteiger partial charge in [-0.05, 0) is 86.9 Å². The van der Waals surface area contributed by atoms with E-state index in [9.17, 15) is 9.59 Å². The van der Waals surface area contributed by atoms with Gasteiger partial charge in [0.15, 0.2) is 0 Å². The van der Waals surface area contributed by atoms with Crippen LogP contribution in [0, 0.1) is 5.41 Å². The monoisotopic (exact) mass is 437 g/mol. The Balaban J connectivity index is 1.76. The third-order valence-electron chi connectivity index (χ3n) is 7.88. The van der Waals surface area contributed by atoms with Crippen LogP contribution in [0.5, 0.6) is 0 Å². The Bertz CT molecular complexity index is 701. The third-order valence-corrected chi connectivity index (χ3v) is 7.88. The molecule has 0 spiro atoms. The van der Waals surface area contributed by atoms with Crippen LogP contribution in [0.1, 0.15) is 87.0 Å². The Labute approximate surface area is 187 Å². The Hall–Kier alpha value is -1.28. The van der Waals surface area contributed by atoms with Crippen molar-refractivity contribution in [3.8, 4) is 0 Å². The quantitative estimate of drug-likeness (QED) is 0.463. The maximum atomic E-state index is 13.2. The molecule has 0 radical (unpaired) electrons. The molecule has 0 aromatic carbocycles. The van der Waals surface area contributed by atoms with E-state index in [2.05, 4.69) is 27.7 Å². The highest BCUT2D eigenvalue weighted by atomic mass is 16.7. The number of carbonyl (C=O) groups excluding carboxylic acids is 2. The van der Waals surface area contributed by atoms with Gasteiger partial charge < -0.3 is 18.8 Å². The minimum Gasteiger partial charge on any atom is -0.467 e. The molecule has 2 saturated heterocycles. The molecule has 7 nitrogen and oxygen atoms in total. The minimum atomic E-state index is -0.944. The van der Waals surface area contributed by atoms with E-state index in [0.29, 0.717) is 13.0 Å². The van der Waals surface area contributed by atoms with Crippen molar-refractivity contribution in [2.45, 2.75) is 116 Å². The number of ether oxygens (including phenoxy) is 2. The maximum Gasteiger partial charge on any atom is 0.457 e. The highest BCUT2D eigenvalue weighted by Gasteiger charge is 2.68. The average molecular weight is 437 g/mol. The van der Waals surface area contributed by atoms with Crippen LogP contribution in [0.3, 0.4) is 0 Å². The zero-order valence-electron chi connectivity index (χ0n) is 20.6. The number of amides is 1. The summed E-state index contributed by atoms with van der Waals surface area (Å²) in [6.45, 7) is 14.3. The summed E-state index contributed by atoms with van der Waals surface area (Å²) in [6, 6.07) is 0. The van der Waals surface area contributed by atoms with Gasteiger partial charge in [-0.2, -0.15) is 0 Å². The SMILES string of the molecule is COC(=O)[C@]12CCC[C@@]1(CCCB1OC(C)(C)C(C)(C)O1)CCN2C(=O)OC(C)(C)C. The topological polar surface area (TPSA) is 74.3 Å². The lowest BCUT2D eigenvalue weighted by atomic mass is 9.67. The molecule has 1 amide bonds. The van der Waals surface area contributed by atoms with E-state index >= 15 is 0 Å². The van der Waals surface area contributed by atoms with Gasteiger partial charge in [0.1, 0.15) is 11.1 Å². The van der Waals surface area contributed by atoms with E-state index < -0.39 is 17.2 Å². The second-order valence-corrected chi connectivity index (χ2v) is 11.4. The predicted octanol–water partition coefficient (Wildman–Crippen LogP) is 4.58. The van der Waals surface area contributed by atoms with Gasteiger partial charge in [0, 0.05) is 12.0 Å². The summed E-state index contributed by atoms with van der Waals surface area (Å²) in [6.07, 6.45) is 5.23. The first-order valence-electron chi connectivity index (χ1n) is 11.6. The van der Waals surface area contributed by atoms with Gasteiger partial charge in [-0.15, -0.1) is 0 Å². The van der Waals surface area contributed by atoms with Crippen LogP contribution in [0.2, 0.25) is 6.32 Å². The number of carbonyl (C=O) groups is 2. The van der Waals surface area contributed by atoms with Gasteiger partial charge in [-0.1, -0.05) is 6.42 Å². The smallest absolute Gasteiger partial charge is 0.457 e. The van der Waals surface area contributed by atoms with E-state index in [0.717, 1.165) is 38.4 Å². The van der Waals surface area contributed by atoms with Crippen LogP contribution in [0.25, 0.3) is 0 Å². The van der Waals surface area contributed by atoms with Crippen molar-refractivity contribution >= 4 is 19.2 Å². The minimum absolute atomic E-state index is 0.251. The summed E-state index contributed by atoms with van der Waals surface area (Å²) in [5.74, 6) is -0.316. The maximum absolute atomic E-state index is 13.2. The molecule has 0 aromatic heterocycles. The number of rotatable bonds is 5. The summed E-state index contributed by atoms with van der Waals surface area (Å²) in [5, 5.41) is 0. The Morgan fingerprint density at radius 1 is 1.03 bits per heavy atom. The Kier molecular flexibility index (Phi) is 6.24. The van der Waals surface area contributed by atoms with Crippen molar-refractivity contribution in [3.63, 3.8) is 0 Å².